The Morgan fingerprint density at radius 1 is 0.839 bits per heavy atom. The maximum absolute atomic E-state index is 5.44. The third kappa shape index (κ3) is 4.87. The molecule has 0 aliphatic heterocycles. The summed E-state index contributed by atoms with van der Waals surface area (Å²) in [5.74, 6) is 1.98. The molecule has 4 rings (SSSR count). The van der Waals surface area contributed by atoms with Crippen LogP contribution in [0.5, 0.6) is 11.5 Å². The van der Waals surface area contributed by atoms with Crippen LogP contribution in [0.15, 0.2) is 95.0 Å². The van der Waals surface area contributed by atoms with Crippen molar-refractivity contribution >= 4 is 28.6 Å². The standard InChI is InChI=1S/C25H22N4O2/c1-30-20-14-11-18(12-15-20)17-26-29-25(28-22-9-5-6-10-24(22)31-2)23-16-13-19-7-3-4-8-21(19)27-23/h3-17H,1-2H3,(H,28,29)/b26-17-. The minimum absolute atomic E-state index is 0.514. The van der Waals surface area contributed by atoms with Gasteiger partial charge in [-0.2, -0.15) is 5.10 Å². The fourth-order valence-electron chi connectivity index (χ4n) is 3.04. The lowest BCUT2D eigenvalue weighted by Gasteiger charge is -2.09. The highest BCUT2D eigenvalue weighted by Gasteiger charge is 2.09. The van der Waals surface area contributed by atoms with Crippen molar-refractivity contribution in [1.29, 1.82) is 0 Å². The lowest BCUT2D eigenvalue weighted by Crippen LogP contribution is -2.20. The Kier molecular flexibility index (Phi) is 6.18. The number of nitrogens with zero attached hydrogens (tertiary/aromatic N) is 3. The van der Waals surface area contributed by atoms with Crippen LogP contribution in [0.3, 0.4) is 0 Å². The quantitative estimate of drug-likeness (QED) is 0.277. The van der Waals surface area contributed by atoms with Crippen molar-refractivity contribution in [3.8, 4) is 11.5 Å². The molecule has 6 nitrogen and oxygen atoms in total. The highest BCUT2D eigenvalue weighted by atomic mass is 16.5. The Morgan fingerprint density at radius 2 is 1.61 bits per heavy atom. The molecule has 0 aliphatic carbocycles. The summed E-state index contributed by atoms with van der Waals surface area (Å²) in [5.41, 5.74) is 6.22. The molecule has 0 amide bonds. The Balaban J connectivity index is 1.69. The van der Waals surface area contributed by atoms with Gasteiger partial charge in [0, 0.05) is 5.39 Å². The fraction of sp³-hybridized carbons (Fsp3) is 0.0800. The van der Waals surface area contributed by atoms with E-state index in [4.69, 9.17) is 19.5 Å². The number of para-hydroxylation sites is 3. The van der Waals surface area contributed by atoms with Gasteiger partial charge in [-0.15, -0.1) is 0 Å². The number of hydrogen-bond acceptors (Lipinski definition) is 5. The zero-order chi connectivity index (χ0) is 21.5. The number of ether oxygens (including phenoxy) is 2. The number of hydrogen-bond donors (Lipinski definition) is 1. The van der Waals surface area contributed by atoms with Gasteiger partial charge in [0.15, 0.2) is 5.84 Å². The highest BCUT2D eigenvalue weighted by Crippen LogP contribution is 2.27. The van der Waals surface area contributed by atoms with Crippen molar-refractivity contribution in [1.82, 2.24) is 10.4 Å². The molecule has 6 heteroatoms. The molecule has 31 heavy (non-hydrogen) atoms. The van der Waals surface area contributed by atoms with E-state index < -0.39 is 0 Å². The molecular formula is C25H22N4O2. The van der Waals surface area contributed by atoms with E-state index in [-0.39, 0.29) is 0 Å². The Morgan fingerprint density at radius 3 is 2.42 bits per heavy atom. The number of amidine groups is 1. The summed E-state index contributed by atoms with van der Waals surface area (Å²) in [6, 6.07) is 27.1. The summed E-state index contributed by atoms with van der Waals surface area (Å²) in [7, 11) is 3.26. The van der Waals surface area contributed by atoms with Gasteiger partial charge in [0.25, 0.3) is 0 Å². The van der Waals surface area contributed by atoms with Gasteiger partial charge in [0.1, 0.15) is 22.9 Å². The average molecular weight is 410 g/mol. The molecule has 0 unspecified atom stereocenters. The van der Waals surface area contributed by atoms with E-state index in [0.717, 1.165) is 22.2 Å². The van der Waals surface area contributed by atoms with Crippen molar-refractivity contribution < 1.29 is 9.47 Å². The minimum Gasteiger partial charge on any atom is -0.497 e. The first kappa shape index (κ1) is 20.1. The van der Waals surface area contributed by atoms with E-state index in [1.54, 1.807) is 20.4 Å². The fourth-order valence-corrected chi connectivity index (χ4v) is 3.04. The molecule has 1 N–H and O–H groups in total. The van der Waals surface area contributed by atoms with Gasteiger partial charge in [0.2, 0.25) is 0 Å². The molecule has 4 aromatic rings. The molecule has 1 heterocycles. The van der Waals surface area contributed by atoms with Crippen molar-refractivity contribution in [3.63, 3.8) is 0 Å². The Hall–Kier alpha value is -4.19. The van der Waals surface area contributed by atoms with E-state index in [9.17, 15) is 0 Å². The van der Waals surface area contributed by atoms with E-state index >= 15 is 0 Å². The normalized spacial score (nSPS) is 11.6. The van der Waals surface area contributed by atoms with E-state index in [0.29, 0.717) is 23.0 Å². The molecule has 0 saturated heterocycles. The molecule has 1 aromatic heterocycles. The largest absolute Gasteiger partial charge is 0.497 e. The highest BCUT2D eigenvalue weighted by molar-refractivity contribution is 6.01. The topological polar surface area (TPSA) is 68.1 Å². The van der Waals surface area contributed by atoms with Gasteiger partial charge in [-0.05, 0) is 54.1 Å². The van der Waals surface area contributed by atoms with Gasteiger partial charge in [-0.25, -0.2) is 9.98 Å². The Labute approximate surface area is 180 Å². The smallest absolute Gasteiger partial charge is 0.173 e. The number of benzene rings is 3. The molecule has 154 valence electrons. The van der Waals surface area contributed by atoms with Crippen LogP contribution < -0.4 is 14.9 Å². The second-order valence-electron chi connectivity index (χ2n) is 6.66. The predicted molar refractivity (Wildman–Crippen MR) is 125 cm³/mol. The summed E-state index contributed by atoms with van der Waals surface area (Å²) < 4.78 is 10.6. The maximum atomic E-state index is 5.44. The van der Waals surface area contributed by atoms with Gasteiger partial charge in [0.05, 0.1) is 26.0 Å². The monoisotopic (exact) mass is 410 g/mol. The van der Waals surface area contributed by atoms with E-state index in [1.165, 1.54) is 0 Å². The second-order valence-corrected chi connectivity index (χ2v) is 6.66. The van der Waals surface area contributed by atoms with Crippen LogP contribution in [0.25, 0.3) is 10.9 Å². The summed E-state index contributed by atoms with van der Waals surface area (Å²) >= 11 is 0. The number of hydrazone groups is 1. The van der Waals surface area contributed by atoms with Crippen molar-refractivity contribution in [3.05, 3.63) is 96.2 Å². The Bertz CT molecular complexity index is 1230. The third-order valence-corrected chi connectivity index (χ3v) is 4.66. The summed E-state index contributed by atoms with van der Waals surface area (Å²) in [5, 5.41) is 5.44. The van der Waals surface area contributed by atoms with Crippen molar-refractivity contribution in [2.24, 2.45) is 10.1 Å². The molecule has 0 atom stereocenters. The lowest BCUT2D eigenvalue weighted by molar-refractivity contribution is 0.415. The molecule has 0 radical (unpaired) electrons. The number of rotatable bonds is 6. The summed E-state index contributed by atoms with van der Waals surface area (Å²) in [6.45, 7) is 0. The van der Waals surface area contributed by atoms with Crippen LogP contribution >= 0.6 is 0 Å². The van der Waals surface area contributed by atoms with Crippen LogP contribution in [0.1, 0.15) is 11.3 Å². The zero-order valence-electron chi connectivity index (χ0n) is 17.3. The number of methoxy groups -OCH3 is 2. The van der Waals surface area contributed by atoms with Crippen LogP contribution in [-0.4, -0.2) is 31.3 Å². The van der Waals surface area contributed by atoms with Gasteiger partial charge in [-0.3, -0.25) is 5.43 Å². The lowest BCUT2D eigenvalue weighted by atomic mass is 10.2. The molecule has 0 fully saturated rings. The summed E-state index contributed by atoms with van der Waals surface area (Å²) in [6.07, 6.45) is 1.72. The van der Waals surface area contributed by atoms with Gasteiger partial charge >= 0.3 is 0 Å². The SMILES string of the molecule is COc1ccc(/C=N\NC(=Nc2ccccc2OC)c2ccc3ccccc3n2)cc1. The first-order valence-corrected chi connectivity index (χ1v) is 9.78. The van der Waals surface area contributed by atoms with Crippen LogP contribution in [0, 0.1) is 0 Å². The molecule has 0 aliphatic rings. The first-order chi connectivity index (χ1) is 15.3. The summed E-state index contributed by atoms with van der Waals surface area (Å²) in [4.78, 5) is 9.50. The number of aromatic nitrogens is 1. The van der Waals surface area contributed by atoms with E-state index in [2.05, 4.69) is 10.5 Å². The molecule has 0 spiro atoms. The predicted octanol–water partition coefficient (Wildman–Crippen LogP) is 4.95. The van der Waals surface area contributed by atoms with Crippen LogP contribution in [0.4, 0.5) is 5.69 Å². The minimum atomic E-state index is 0.514. The van der Waals surface area contributed by atoms with Crippen molar-refractivity contribution in [2.45, 2.75) is 0 Å². The van der Waals surface area contributed by atoms with Crippen LogP contribution in [-0.2, 0) is 0 Å². The molecular weight excluding hydrogens is 388 g/mol. The average Bonchev–Trinajstić information content (AvgIpc) is 2.84. The molecule has 3 aromatic carbocycles. The van der Waals surface area contributed by atoms with Gasteiger partial charge in [-0.1, -0.05) is 36.4 Å². The second kappa shape index (κ2) is 9.54. The molecule has 0 saturated carbocycles. The number of pyridine rings is 1. The van der Waals surface area contributed by atoms with E-state index in [1.807, 2.05) is 84.9 Å². The first-order valence-electron chi connectivity index (χ1n) is 9.78. The molecule has 0 bridgehead atoms. The number of nitrogens with one attached hydrogen (secondary N) is 1. The van der Waals surface area contributed by atoms with Crippen molar-refractivity contribution in [2.75, 3.05) is 14.2 Å². The van der Waals surface area contributed by atoms with Crippen LogP contribution in [0.2, 0.25) is 0 Å². The van der Waals surface area contributed by atoms with Gasteiger partial charge < -0.3 is 9.47 Å². The number of aliphatic imine (C=N–C) groups is 1. The maximum Gasteiger partial charge on any atom is 0.173 e. The zero-order valence-corrected chi connectivity index (χ0v) is 17.3. The number of fused-ring (bicyclic) bond motifs is 1. The third-order valence-electron chi connectivity index (χ3n) is 4.66.